The van der Waals surface area contributed by atoms with E-state index in [9.17, 15) is 0 Å². The number of rotatable bonds is 3. The summed E-state index contributed by atoms with van der Waals surface area (Å²) in [6.07, 6.45) is 10.4. The van der Waals surface area contributed by atoms with Gasteiger partial charge in [-0.2, -0.15) is 0 Å². The molecule has 0 heterocycles. The molecule has 1 heteroatoms. The standard InChI is InChI=1S/C13H23N/c1-12(2,10-4-5-10)14-11-6-9-13(11)7-3-8-13/h10-11,14H,3-9H2,1-2H3. The van der Waals surface area contributed by atoms with E-state index in [0.717, 1.165) is 17.4 Å². The van der Waals surface area contributed by atoms with E-state index >= 15 is 0 Å². The molecule has 0 aromatic rings. The second-order valence-electron chi connectivity index (χ2n) is 6.45. The van der Waals surface area contributed by atoms with Crippen LogP contribution in [0.4, 0.5) is 0 Å². The van der Waals surface area contributed by atoms with Gasteiger partial charge in [-0.05, 0) is 63.7 Å². The third-order valence-corrected chi connectivity index (χ3v) is 5.16. The third kappa shape index (κ3) is 1.25. The van der Waals surface area contributed by atoms with Gasteiger partial charge in [0.2, 0.25) is 0 Å². The fraction of sp³-hybridized carbons (Fsp3) is 1.00. The Morgan fingerprint density at radius 3 is 2.14 bits per heavy atom. The van der Waals surface area contributed by atoms with Crippen molar-refractivity contribution in [3.8, 4) is 0 Å². The van der Waals surface area contributed by atoms with Crippen molar-refractivity contribution in [3.05, 3.63) is 0 Å². The van der Waals surface area contributed by atoms with Crippen LogP contribution in [0.5, 0.6) is 0 Å². The van der Waals surface area contributed by atoms with E-state index in [4.69, 9.17) is 0 Å². The van der Waals surface area contributed by atoms with Gasteiger partial charge in [-0.3, -0.25) is 0 Å². The lowest BCUT2D eigenvalue weighted by Gasteiger charge is -2.58. The largest absolute Gasteiger partial charge is 0.308 e. The molecule has 3 rings (SSSR count). The Morgan fingerprint density at radius 1 is 1.07 bits per heavy atom. The summed E-state index contributed by atoms with van der Waals surface area (Å²) >= 11 is 0. The van der Waals surface area contributed by atoms with Crippen molar-refractivity contribution in [2.75, 3.05) is 0 Å². The molecule has 3 fully saturated rings. The molecule has 0 saturated heterocycles. The van der Waals surface area contributed by atoms with E-state index in [2.05, 4.69) is 19.2 Å². The monoisotopic (exact) mass is 193 g/mol. The van der Waals surface area contributed by atoms with Crippen molar-refractivity contribution in [1.82, 2.24) is 5.32 Å². The molecule has 3 saturated carbocycles. The summed E-state index contributed by atoms with van der Waals surface area (Å²) in [5.74, 6) is 0.972. The number of nitrogens with one attached hydrogen (secondary N) is 1. The molecule has 0 bridgehead atoms. The molecule has 3 aliphatic carbocycles. The van der Waals surface area contributed by atoms with Gasteiger partial charge in [0.25, 0.3) is 0 Å². The average Bonchev–Trinajstić information content (AvgIpc) is 2.77. The van der Waals surface area contributed by atoms with Crippen molar-refractivity contribution >= 4 is 0 Å². The van der Waals surface area contributed by atoms with E-state index in [1.165, 1.54) is 44.9 Å². The fourth-order valence-corrected chi connectivity index (χ4v) is 3.52. The predicted octanol–water partition coefficient (Wildman–Crippen LogP) is 3.10. The molecule has 3 aliphatic rings. The highest BCUT2D eigenvalue weighted by Crippen LogP contribution is 2.56. The zero-order valence-electron chi connectivity index (χ0n) is 9.60. The van der Waals surface area contributed by atoms with Crippen LogP contribution in [-0.2, 0) is 0 Å². The van der Waals surface area contributed by atoms with E-state index in [0.29, 0.717) is 5.54 Å². The second kappa shape index (κ2) is 2.75. The summed E-state index contributed by atoms with van der Waals surface area (Å²) in [5, 5.41) is 3.95. The van der Waals surface area contributed by atoms with Gasteiger partial charge in [-0.1, -0.05) is 6.42 Å². The second-order valence-corrected chi connectivity index (χ2v) is 6.45. The highest BCUT2D eigenvalue weighted by Gasteiger charge is 2.52. The summed E-state index contributed by atoms with van der Waals surface area (Å²) in [6, 6.07) is 0.867. The Hall–Kier alpha value is -0.0400. The average molecular weight is 193 g/mol. The Labute approximate surface area is 87.7 Å². The van der Waals surface area contributed by atoms with Crippen molar-refractivity contribution in [2.24, 2.45) is 11.3 Å². The number of hydrogen-bond acceptors (Lipinski definition) is 1. The lowest BCUT2D eigenvalue weighted by Crippen LogP contribution is -2.62. The van der Waals surface area contributed by atoms with E-state index in [1.54, 1.807) is 0 Å². The highest BCUT2D eigenvalue weighted by molar-refractivity contribution is 5.08. The van der Waals surface area contributed by atoms with Crippen LogP contribution in [0, 0.1) is 11.3 Å². The minimum Gasteiger partial charge on any atom is -0.308 e. The normalized spacial score (nSPS) is 35.1. The molecule has 0 radical (unpaired) electrons. The van der Waals surface area contributed by atoms with Gasteiger partial charge >= 0.3 is 0 Å². The van der Waals surface area contributed by atoms with Gasteiger partial charge in [0.15, 0.2) is 0 Å². The number of hydrogen-bond donors (Lipinski definition) is 1. The van der Waals surface area contributed by atoms with Crippen molar-refractivity contribution < 1.29 is 0 Å². The Kier molecular flexibility index (Phi) is 1.81. The highest BCUT2D eigenvalue weighted by atomic mass is 15.0. The van der Waals surface area contributed by atoms with E-state index in [-0.39, 0.29) is 0 Å². The first-order valence-electron chi connectivity index (χ1n) is 6.40. The molecule has 1 atom stereocenters. The van der Waals surface area contributed by atoms with Gasteiger partial charge < -0.3 is 5.32 Å². The van der Waals surface area contributed by atoms with Gasteiger partial charge in [0.05, 0.1) is 0 Å². The summed E-state index contributed by atoms with van der Waals surface area (Å²) in [5.41, 5.74) is 1.19. The zero-order chi connectivity index (χ0) is 9.81. The molecular weight excluding hydrogens is 170 g/mol. The first-order valence-corrected chi connectivity index (χ1v) is 6.40. The van der Waals surface area contributed by atoms with Gasteiger partial charge in [-0.15, -0.1) is 0 Å². The molecule has 0 aromatic heterocycles. The topological polar surface area (TPSA) is 12.0 Å². The summed E-state index contributed by atoms with van der Waals surface area (Å²) in [6.45, 7) is 4.82. The zero-order valence-corrected chi connectivity index (χ0v) is 9.60. The molecule has 1 spiro atoms. The van der Waals surface area contributed by atoms with Crippen LogP contribution < -0.4 is 5.32 Å². The van der Waals surface area contributed by atoms with Crippen molar-refractivity contribution in [1.29, 1.82) is 0 Å². The maximum Gasteiger partial charge on any atom is 0.0156 e. The van der Waals surface area contributed by atoms with Gasteiger partial charge in [-0.25, -0.2) is 0 Å². The Bertz CT molecular complexity index is 230. The van der Waals surface area contributed by atoms with E-state index < -0.39 is 0 Å². The van der Waals surface area contributed by atoms with Crippen LogP contribution >= 0.6 is 0 Å². The first-order chi connectivity index (χ1) is 6.62. The third-order valence-electron chi connectivity index (χ3n) is 5.16. The molecule has 0 amide bonds. The molecule has 0 aromatic carbocycles. The molecule has 14 heavy (non-hydrogen) atoms. The maximum atomic E-state index is 3.95. The maximum absolute atomic E-state index is 3.95. The molecule has 0 aliphatic heterocycles. The molecule has 1 N–H and O–H groups in total. The SMILES string of the molecule is CC(C)(NC1CCC12CCC2)C1CC1. The van der Waals surface area contributed by atoms with Crippen molar-refractivity contribution in [3.63, 3.8) is 0 Å². The van der Waals surface area contributed by atoms with Crippen LogP contribution in [0.15, 0.2) is 0 Å². The van der Waals surface area contributed by atoms with Crippen LogP contribution in [0.3, 0.4) is 0 Å². The Morgan fingerprint density at radius 2 is 1.79 bits per heavy atom. The summed E-state index contributed by atoms with van der Waals surface area (Å²) in [7, 11) is 0. The minimum absolute atomic E-state index is 0.424. The smallest absolute Gasteiger partial charge is 0.0156 e. The molecular formula is C13H23N. The lowest BCUT2D eigenvalue weighted by atomic mass is 9.52. The quantitative estimate of drug-likeness (QED) is 0.726. The minimum atomic E-state index is 0.424. The Balaban J connectivity index is 1.61. The van der Waals surface area contributed by atoms with Crippen molar-refractivity contribution in [2.45, 2.75) is 70.4 Å². The van der Waals surface area contributed by atoms with E-state index in [1.807, 2.05) is 0 Å². The van der Waals surface area contributed by atoms with Gasteiger partial charge in [0, 0.05) is 11.6 Å². The van der Waals surface area contributed by atoms with Crippen LogP contribution in [-0.4, -0.2) is 11.6 Å². The van der Waals surface area contributed by atoms with Crippen LogP contribution in [0.2, 0.25) is 0 Å². The van der Waals surface area contributed by atoms with Crippen LogP contribution in [0.1, 0.15) is 58.8 Å². The summed E-state index contributed by atoms with van der Waals surface area (Å²) in [4.78, 5) is 0. The molecule has 1 nitrogen and oxygen atoms in total. The lowest BCUT2D eigenvalue weighted by molar-refractivity contribution is -0.0320. The van der Waals surface area contributed by atoms with Gasteiger partial charge in [0.1, 0.15) is 0 Å². The van der Waals surface area contributed by atoms with Crippen LogP contribution in [0.25, 0.3) is 0 Å². The summed E-state index contributed by atoms with van der Waals surface area (Å²) < 4.78 is 0. The molecule has 80 valence electrons. The predicted molar refractivity (Wildman–Crippen MR) is 59.2 cm³/mol. The molecule has 1 unspecified atom stereocenters. The first kappa shape index (κ1) is 9.21. The fourth-order valence-electron chi connectivity index (χ4n) is 3.52.